The molecule has 3 aliphatic rings. The second-order valence-electron chi connectivity index (χ2n) is 12.1. The van der Waals surface area contributed by atoms with Crippen molar-refractivity contribution < 1.29 is 18.3 Å². The number of nitrogens with two attached hydrogens (primary N) is 1. The Morgan fingerprint density at radius 3 is 2.69 bits per heavy atom. The third-order valence-corrected chi connectivity index (χ3v) is 10.7. The standard InChI is InChI=1S/C32H30ClF2N7O2S/c1-16(13-36)39-17-10-18(11-17)44-30-20-12-22(33)25(19-4-5-23(34)28-24(19)21(14-37)29(38)45-28)26(35)27(20)40-31(41-30)43-15-32-6-2-8-42(32)9-3-7-32/h4-5,12,16-18,39H,2-3,6-11,15,38H2,1H3/t16-,17?,18?/m0/s1. The van der Waals surface area contributed by atoms with Gasteiger partial charge in [0.25, 0.3) is 0 Å². The first-order valence-corrected chi connectivity index (χ1v) is 16.2. The molecule has 45 heavy (non-hydrogen) atoms. The minimum atomic E-state index is -0.770. The maximum Gasteiger partial charge on any atom is 0.320 e. The van der Waals surface area contributed by atoms with Crippen LogP contribution in [0.15, 0.2) is 18.2 Å². The van der Waals surface area contributed by atoms with Crippen LogP contribution in [0.1, 0.15) is 51.0 Å². The van der Waals surface area contributed by atoms with Gasteiger partial charge >= 0.3 is 6.01 Å². The summed E-state index contributed by atoms with van der Waals surface area (Å²) in [6.07, 6.45) is 5.29. The molecule has 2 saturated heterocycles. The lowest BCUT2D eigenvalue weighted by Crippen LogP contribution is -2.49. The van der Waals surface area contributed by atoms with Gasteiger partial charge in [-0.3, -0.25) is 10.2 Å². The van der Waals surface area contributed by atoms with Crippen molar-refractivity contribution >= 4 is 48.9 Å². The summed E-state index contributed by atoms with van der Waals surface area (Å²) < 4.78 is 44.2. The van der Waals surface area contributed by atoms with Gasteiger partial charge in [-0.15, -0.1) is 11.3 Å². The molecule has 7 rings (SSSR count). The van der Waals surface area contributed by atoms with Gasteiger partial charge in [-0.1, -0.05) is 17.7 Å². The third-order valence-electron chi connectivity index (χ3n) is 9.36. The number of anilines is 1. The number of nitrogen functional groups attached to an aromatic ring is 1. The summed E-state index contributed by atoms with van der Waals surface area (Å²) in [6.45, 7) is 4.22. The predicted molar refractivity (Wildman–Crippen MR) is 168 cm³/mol. The number of nitriles is 2. The van der Waals surface area contributed by atoms with Gasteiger partial charge in [0, 0.05) is 17.0 Å². The number of hydrogen-bond acceptors (Lipinski definition) is 10. The fourth-order valence-corrected chi connectivity index (χ4v) is 8.31. The van der Waals surface area contributed by atoms with Gasteiger partial charge in [0.1, 0.15) is 35.1 Å². The molecule has 4 heterocycles. The Kier molecular flexibility index (Phi) is 7.65. The number of fused-ring (bicyclic) bond motifs is 3. The van der Waals surface area contributed by atoms with Crippen molar-refractivity contribution in [2.75, 3.05) is 25.4 Å². The Balaban J connectivity index is 1.31. The summed E-state index contributed by atoms with van der Waals surface area (Å²) in [5, 5.41) is 22.8. The first-order valence-electron chi connectivity index (χ1n) is 15.0. The van der Waals surface area contributed by atoms with Crippen molar-refractivity contribution in [3.63, 3.8) is 0 Å². The lowest BCUT2D eigenvalue weighted by atomic mass is 9.88. The molecule has 1 aliphatic carbocycles. The highest BCUT2D eigenvalue weighted by Crippen LogP contribution is 2.46. The molecule has 0 amide bonds. The van der Waals surface area contributed by atoms with Gasteiger partial charge < -0.3 is 15.2 Å². The first-order chi connectivity index (χ1) is 21.7. The zero-order chi connectivity index (χ0) is 31.5. The molecule has 0 unspecified atom stereocenters. The quantitative estimate of drug-likeness (QED) is 0.225. The van der Waals surface area contributed by atoms with E-state index < -0.39 is 11.6 Å². The predicted octanol–water partition coefficient (Wildman–Crippen LogP) is 6.32. The summed E-state index contributed by atoms with van der Waals surface area (Å²) in [6, 6.07) is 8.16. The van der Waals surface area contributed by atoms with Crippen molar-refractivity contribution in [2.24, 2.45) is 0 Å². The second kappa shape index (κ2) is 11.5. The molecule has 2 aromatic carbocycles. The third kappa shape index (κ3) is 5.10. The van der Waals surface area contributed by atoms with Crippen LogP contribution >= 0.6 is 22.9 Å². The molecule has 9 nitrogen and oxygen atoms in total. The summed E-state index contributed by atoms with van der Waals surface area (Å²) >= 11 is 7.68. The van der Waals surface area contributed by atoms with Crippen LogP contribution in [0, 0.1) is 34.3 Å². The molecule has 13 heteroatoms. The smallest absolute Gasteiger partial charge is 0.320 e. The number of rotatable bonds is 8. The largest absolute Gasteiger partial charge is 0.474 e. The minimum Gasteiger partial charge on any atom is -0.474 e. The van der Waals surface area contributed by atoms with E-state index in [1.165, 1.54) is 18.2 Å². The number of aromatic nitrogens is 2. The molecule has 0 radical (unpaired) electrons. The van der Waals surface area contributed by atoms with Gasteiger partial charge in [0.15, 0.2) is 5.82 Å². The van der Waals surface area contributed by atoms with E-state index in [0.717, 1.165) is 50.1 Å². The van der Waals surface area contributed by atoms with Gasteiger partial charge in [0.05, 0.1) is 38.3 Å². The van der Waals surface area contributed by atoms with Crippen LogP contribution in [0.2, 0.25) is 5.02 Å². The Bertz CT molecular complexity index is 1910. The number of hydrogen-bond donors (Lipinski definition) is 2. The van der Waals surface area contributed by atoms with Crippen LogP contribution in [-0.4, -0.2) is 58.3 Å². The zero-order valence-corrected chi connectivity index (χ0v) is 26.1. The average Bonchev–Trinajstić information content (AvgIpc) is 3.68. The average molecular weight is 650 g/mol. The molecule has 2 aromatic heterocycles. The number of benzene rings is 2. The number of ether oxygens (including phenoxy) is 2. The lowest BCUT2D eigenvalue weighted by molar-refractivity contribution is 0.0772. The topological polar surface area (TPSA) is 133 Å². The zero-order valence-electron chi connectivity index (χ0n) is 24.5. The van der Waals surface area contributed by atoms with Crippen molar-refractivity contribution in [1.82, 2.24) is 20.2 Å². The summed E-state index contributed by atoms with van der Waals surface area (Å²) in [4.78, 5) is 11.6. The molecular weight excluding hydrogens is 620 g/mol. The molecule has 2 aliphatic heterocycles. The summed E-state index contributed by atoms with van der Waals surface area (Å²) in [5.74, 6) is -1.19. The van der Waals surface area contributed by atoms with Gasteiger partial charge in [0.2, 0.25) is 5.88 Å². The monoisotopic (exact) mass is 649 g/mol. The number of nitrogens with zero attached hydrogens (tertiary/aromatic N) is 5. The molecule has 1 atom stereocenters. The molecule has 3 fully saturated rings. The second-order valence-corrected chi connectivity index (χ2v) is 13.6. The van der Waals surface area contributed by atoms with Crippen molar-refractivity contribution in [2.45, 2.75) is 69.2 Å². The molecular formula is C32H30ClF2N7O2S. The first kappa shape index (κ1) is 29.9. The summed E-state index contributed by atoms with van der Waals surface area (Å²) in [5.41, 5.74) is 6.16. The van der Waals surface area contributed by atoms with E-state index in [2.05, 4.69) is 26.3 Å². The van der Waals surface area contributed by atoms with E-state index in [4.69, 9.17) is 32.1 Å². The molecule has 3 N–H and O–H groups in total. The minimum absolute atomic E-state index is 0.00774. The van der Waals surface area contributed by atoms with Crippen LogP contribution in [-0.2, 0) is 0 Å². The molecule has 0 bridgehead atoms. The van der Waals surface area contributed by atoms with Gasteiger partial charge in [-0.2, -0.15) is 20.5 Å². The Morgan fingerprint density at radius 1 is 1.22 bits per heavy atom. The molecule has 232 valence electrons. The maximum absolute atomic E-state index is 16.7. The fourth-order valence-electron chi connectivity index (χ4n) is 7.07. The van der Waals surface area contributed by atoms with Crippen LogP contribution in [0.25, 0.3) is 32.1 Å². The van der Waals surface area contributed by atoms with Crippen LogP contribution < -0.4 is 20.5 Å². The highest BCUT2D eigenvalue weighted by atomic mass is 35.5. The number of halogens is 3. The lowest BCUT2D eigenvalue weighted by Gasteiger charge is -2.36. The van der Waals surface area contributed by atoms with Crippen LogP contribution in [0.5, 0.6) is 11.9 Å². The summed E-state index contributed by atoms with van der Waals surface area (Å²) in [7, 11) is 0. The van der Waals surface area contributed by atoms with Crippen molar-refractivity contribution in [1.29, 1.82) is 10.5 Å². The fraction of sp³-hybridized carbons (Fsp3) is 0.438. The van der Waals surface area contributed by atoms with E-state index in [-0.39, 0.29) is 83.3 Å². The van der Waals surface area contributed by atoms with Gasteiger partial charge in [-0.05, 0) is 76.2 Å². The molecule has 0 spiro atoms. The molecule has 4 aromatic rings. The SMILES string of the molecule is C[C@@H](C#N)NC1CC(Oc2nc(OCC34CCCN3CCC4)nc3c(F)c(-c4ccc(F)c5sc(N)c(C#N)c45)c(Cl)cc23)C1. The van der Waals surface area contributed by atoms with E-state index in [0.29, 0.717) is 19.4 Å². The Hall–Kier alpha value is -3.81. The number of thiophene rings is 1. The highest BCUT2D eigenvalue weighted by Gasteiger charge is 2.45. The van der Waals surface area contributed by atoms with Crippen LogP contribution in [0.4, 0.5) is 13.8 Å². The normalized spacial score (nSPS) is 21.3. The maximum atomic E-state index is 16.7. The van der Waals surface area contributed by atoms with Crippen LogP contribution in [0.3, 0.4) is 0 Å². The Labute approximate surface area is 267 Å². The van der Waals surface area contributed by atoms with E-state index in [1.807, 2.05) is 6.07 Å². The van der Waals surface area contributed by atoms with E-state index >= 15 is 4.39 Å². The number of nitrogens with one attached hydrogen (secondary N) is 1. The molecule has 1 saturated carbocycles. The van der Waals surface area contributed by atoms with Crippen molar-refractivity contribution in [3.8, 4) is 35.2 Å². The Morgan fingerprint density at radius 2 is 1.98 bits per heavy atom. The van der Waals surface area contributed by atoms with Gasteiger partial charge in [-0.25, -0.2) is 8.78 Å². The van der Waals surface area contributed by atoms with E-state index in [1.54, 1.807) is 6.92 Å². The highest BCUT2D eigenvalue weighted by molar-refractivity contribution is 7.23. The van der Waals surface area contributed by atoms with E-state index in [9.17, 15) is 9.65 Å². The van der Waals surface area contributed by atoms with Crippen molar-refractivity contribution in [3.05, 3.63) is 40.4 Å².